The molecule has 0 aliphatic carbocycles. The Kier molecular flexibility index (Phi) is 4.36. The van der Waals surface area contributed by atoms with Crippen molar-refractivity contribution in [3.63, 3.8) is 0 Å². The normalized spacial score (nSPS) is 10.7. The number of rotatable bonds is 4. The number of para-hydroxylation sites is 3. The van der Waals surface area contributed by atoms with Crippen molar-refractivity contribution in [1.29, 1.82) is 0 Å². The molecule has 1 N–H and O–H groups in total. The average molecular weight is 354 g/mol. The van der Waals surface area contributed by atoms with Crippen LogP contribution in [0.3, 0.4) is 0 Å². The van der Waals surface area contributed by atoms with Crippen LogP contribution < -0.4 is 16.6 Å². The Morgan fingerprint density at radius 2 is 1.77 bits per heavy atom. The average Bonchev–Trinajstić information content (AvgIpc) is 2.63. The van der Waals surface area contributed by atoms with Crippen molar-refractivity contribution in [2.24, 2.45) is 7.05 Å². The molecule has 1 aromatic heterocycles. The summed E-state index contributed by atoms with van der Waals surface area (Å²) in [6.07, 6.45) is 0. The monoisotopic (exact) mass is 354 g/mol. The van der Waals surface area contributed by atoms with Gasteiger partial charge in [-0.1, -0.05) is 24.3 Å². The van der Waals surface area contributed by atoms with Crippen LogP contribution in [0.4, 0.5) is 11.4 Å². The minimum absolute atomic E-state index is 0.0321. The van der Waals surface area contributed by atoms with E-state index in [1.807, 2.05) is 0 Å². The van der Waals surface area contributed by atoms with Crippen LogP contribution in [0.5, 0.6) is 0 Å². The third kappa shape index (κ3) is 2.97. The molecule has 26 heavy (non-hydrogen) atoms. The molecular weight excluding hydrogens is 340 g/mol. The van der Waals surface area contributed by atoms with Crippen LogP contribution in [-0.2, 0) is 18.4 Å². The molecule has 3 rings (SSSR count). The van der Waals surface area contributed by atoms with Crippen LogP contribution in [0.1, 0.15) is 0 Å². The van der Waals surface area contributed by atoms with Crippen LogP contribution in [-0.4, -0.2) is 20.0 Å². The van der Waals surface area contributed by atoms with Gasteiger partial charge in [-0.3, -0.25) is 28.8 Å². The minimum Gasteiger partial charge on any atom is -0.319 e. The van der Waals surface area contributed by atoms with Crippen molar-refractivity contribution in [1.82, 2.24) is 9.13 Å². The lowest BCUT2D eigenvalue weighted by atomic mass is 10.2. The first kappa shape index (κ1) is 17.1. The second-order valence-corrected chi connectivity index (χ2v) is 5.57. The number of aromatic nitrogens is 2. The zero-order valence-corrected chi connectivity index (χ0v) is 13.7. The zero-order chi connectivity index (χ0) is 18.8. The van der Waals surface area contributed by atoms with E-state index in [0.717, 1.165) is 9.13 Å². The summed E-state index contributed by atoms with van der Waals surface area (Å²) in [5.41, 5.74) is -1.01. The van der Waals surface area contributed by atoms with Crippen molar-refractivity contribution in [3.05, 3.63) is 79.5 Å². The summed E-state index contributed by atoms with van der Waals surface area (Å²) in [4.78, 5) is 47.4. The number of nitro benzene ring substituents is 1. The van der Waals surface area contributed by atoms with Gasteiger partial charge in [0.1, 0.15) is 12.2 Å². The van der Waals surface area contributed by atoms with E-state index >= 15 is 0 Å². The van der Waals surface area contributed by atoms with Crippen LogP contribution in [0.25, 0.3) is 10.9 Å². The number of hydrogen-bond acceptors (Lipinski definition) is 5. The van der Waals surface area contributed by atoms with E-state index in [1.165, 1.54) is 25.2 Å². The van der Waals surface area contributed by atoms with Crippen LogP contribution >= 0.6 is 0 Å². The van der Waals surface area contributed by atoms with E-state index in [4.69, 9.17) is 0 Å². The summed E-state index contributed by atoms with van der Waals surface area (Å²) in [5, 5.41) is 13.8. The summed E-state index contributed by atoms with van der Waals surface area (Å²) < 4.78 is 2.07. The Morgan fingerprint density at radius 3 is 2.50 bits per heavy atom. The number of nitrogens with zero attached hydrogens (tertiary/aromatic N) is 3. The van der Waals surface area contributed by atoms with Crippen molar-refractivity contribution in [3.8, 4) is 0 Å². The molecular formula is C17H14N4O5. The quantitative estimate of drug-likeness (QED) is 0.559. The fraction of sp³-hybridized carbons (Fsp3) is 0.118. The number of amides is 1. The number of carbonyl (C=O) groups excluding carboxylic acids is 1. The fourth-order valence-electron chi connectivity index (χ4n) is 2.67. The zero-order valence-electron chi connectivity index (χ0n) is 13.7. The molecule has 2 aromatic carbocycles. The Morgan fingerprint density at radius 1 is 1.12 bits per heavy atom. The van der Waals surface area contributed by atoms with Crippen molar-refractivity contribution < 1.29 is 9.72 Å². The van der Waals surface area contributed by atoms with E-state index in [0.29, 0.717) is 10.9 Å². The highest BCUT2D eigenvalue weighted by molar-refractivity contribution is 5.93. The number of hydrogen-bond donors (Lipinski definition) is 1. The standard InChI is InChI=1S/C17H14N4O5/c1-19-16(23)11-6-2-4-8-13(11)20(17(19)24)10-15(22)18-12-7-3-5-9-14(12)21(25)26/h2-9H,10H2,1H3,(H,18,22). The molecule has 3 aromatic rings. The predicted molar refractivity (Wildman–Crippen MR) is 95.2 cm³/mol. The molecule has 9 nitrogen and oxygen atoms in total. The van der Waals surface area contributed by atoms with Crippen molar-refractivity contribution in [2.45, 2.75) is 6.54 Å². The number of benzene rings is 2. The number of anilines is 1. The maximum Gasteiger partial charge on any atom is 0.331 e. The van der Waals surface area contributed by atoms with Crippen molar-refractivity contribution in [2.75, 3.05) is 5.32 Å². The first-order chi connectivity index (χ1) is 12.4. The van der Waals surface area contributed by atoms with E-state index < -0.39 is 22.1 Å². The molecule has 0 radical (unpaired) electrons. The molecule has 1 heterocycles. The summed E-state index contributed by atoms with van der Waals surface area (Å²) in [6.45, 7) is -0.389. The topological polar surface area (TPSA) is 116 Å². The van der Waals surface area contributed by atoms with Gasteiger partial charge >= 0.3 is 5.69 Å². The number of nitro groups is 1. The summed E-state index contributed by atoms with van der Waals surface area (Å²) >= 11 is 0. The molecule has 9 heteroatoms. The number of carbonyl (C=O) groups is 1. The second kappa shape index (κ2) is 6.63. The SMILES string of the molecule is Cn1c(=O)c2ccccc2n(CC(=O)Nc2ccccc2[N+](=O)[O-])c1=O. The van der Waals surface area contributed by atoms with Crippen LogP contribution in [0, 0.1) is 10.1 Å². The van der Waals surface area contributed by atoms with Gasteiger partial charge in [-0.05, 0) is 18.2 Å². The molecule has 0 spiro atoms. The molecule has 0 saturated carbocycles. The summed E-state index contributed by atoms with van der Waals surface area (Å²) in [6, 6.07) is 12.1. The van der Waals surface area contributed by atoms with Gasteiger partial charge in [-0.25, -0.2) is 4.79 Å². The lowest BCUT2D eigenvalue weighted by Gasteiger charge is -2.12. The van der Waals surface area contributed by atoms with Gasteiger partial charge in [0.15, 0.2) is 0 Å². The number of fused-ring (bicyclic) bond motifs is 1. The molecule has 0 fully saturated rings. The third-order valence-corrected chi connectivity index (χ3v) is 3.92. The molecule has 1 amide bonds. The number of nitrogens with one attached hydrogen (secondary N) is 1. The predicted octanol–water partition coefficient (Wildman–Crippen LogP) is 1.25. The highest BCUT2D eigenvalue weighted by Crippen LogP contribution is 2.23. The van der Waals surface area contributed by atoms with E-state index in [9.17, 15) is 24.5 Å². The highest BCUT2D eigenvalue weighted by atomic mass is 16.6. The molecule has 132 valence electrons. The van der Waals surface area contributed by atoms with Crippen LogP contribution in [0.15, 0.2) is 58.1 Å². The Labute approximate surface area is 146 Å². The molecule has 0 aliphatic rings. The Hall–Kier alpha value is -3.75. The van der Waals surface area contributed by atoms with E-state index in [2.05, 4.69) is 5.32 Å². The van der Waals surface area contributed by atoms with Crippen LogP contribution in [0.2, 0.25) is 0 Å². The van der Waals surface area contributed by atoms with Gasteiger partial charge in [0.25, 0.3) is 11.2 Å². The molecule has 0 bridgehead atoms. The summed E-state index contributed by atoms with van der Waals surface area (Å²) in [7, 11) is 1.33. The van der Waals surface area contributed by atoms with Crippen molar-refractivity contribution >= 4 is 28.2 Å². The smallest absolute Gasteiger partial charge is 0.319 e. The lowest BCUT2D eigenvalue weighted by Crippen LogP contribution is -2.40. The highest BCUT2D eigenvalue weighted by Gasteiger charge is 2.17. The first-order valence-electron chi connectivity index (χ1n) is 7.62. The Balaban J connectivity index is 2.00. The largest absolute Gasteiger partial charge is 0.331 e. The maximum atomic E-state index is 12.4. The van der Waals surface area contributed by atoms with E-state index in [1.54, 1.807) is 30.3 Å². The molecule has 0 saturated heterocycles. The third-order valence-electron chi connectivity index (χ3n) is 3.92. The lowest BCUT2D eigenvalue weighted by molar-refractivity contribution is -0.383. The maximum absolute atomic E-state index is 12.4. The summed E-state index contributed by atoms with van der Waals surface area (Å²) in [5.74, 6) is -0.620. The van der Waals surface area contributed by atoms with Gasteiger partial charge in [-0.15, -0.1) is 0 Å². The first-order valence-corrected chi connectivity index (χ1v) is 7.62. The molecule has 0 atom stereocenters. The molecule has 0 unspecified atom stereocenters. The minimum atomic E-state index is -0.647. The van der Waals surface area contributed by atoms with Gasteiger partial charge in [0, 0.05) is 13.1 Å². The molecule has 0 aliphatic heterocycles. The van der Waals surface area contributed by atoms with Gasteiger partial charge in [-0.2, -0.15) is 0 Å². The second-order valence-electron chi connectivity index (χ2n) is 5.57. The van der Waals surface area contributed by atoms with Gasteiger partial charge in [0.05, 0.1) is 15.8 Å². The Bertz CT molecular complexity index is 1150. The van der Waals surface area contributed by atoms with Gasteiger partial charge < -0.3 is 5.32 Å². The fourth-order valence-corrected chi connectivity index (χ4v) is 2.67. The van der Waals surface area contributed by atoms with Gasteiger partial charge in [0.2, 0.25) is 5.91 Å². The van der Waals surface area contributed by atoms with E-state index in [-0.39, 0.29) is 17.9 Å².